The lowest BCUT2D eigenvalue weighted by atomic mass is 9.86. The molecule has 1 saturated carbocycles. The van der Waals surface area contributed by atoms with E-state index in [1.807, 2.05) is 13.8 Å². The Balaban J connectivity index is 2.50. The minimum atomic E-state index is 0.121. The Hall–Kier alpha value is -1.02. The largest absolute Gasteiger partial charge is 0.507 e. The number of rotatable bonds is 2. The molecule has 0 spiro atoms. The minimum absolute atomic E-state index is 0.121. The highest BCUT2D eigenvalue weighted by molar-refractivity contribution is 5.48. The van der Waals surface area contributed by atoms with Gasteiger partial charge in [0, 0.05) is 12.0 Å². The second kappa shape index (κ2) is 3.24. The first-order chi connectivity index (χ1) is 7.34. The number of phenols is 1. The van der Waals surface area contributed by atoms with E-state index in [-0.39, 0.29) is 10.8 Å². The van der Waals surface area contributed by atoms with Crippen molar-refractivity contribution < 1.29 is 5.11 Å². The summed E-state index contributed by atoms with van der Waals surface area (Å²) < 4.78 is 0. The van der Waals surface area contributed by atoms with E-state index in [9.17, 15) is 5.11 Å². The van der Waals surface area contributed by atoms with Gasteiger partial charge in [0.25, 0.3) is 0 Å². The van der Waals surface area contributed by atoms with E-state index in [2.05, 4.69) is 26.0 Å². The normalized spacial score (nSPS) is 26.8. The Bertz CT molecular complexity index is 413. The summed E-state index contributed by atoms with van der Waals surface area (Å²) in [5.41, 5.74) is 9.55. The van der Waals surface area contributed by atoms with Gasteiger partial charge in [0.2, 0.25) is 0 Å². The van der Waals surface area contributed by atoms with Crippen LogP contribution in [0.2, 0.25) is 0 Å². The molecule has 0 aliphatic heterocycles. The van der Waals surface area contributed by atoms with Gasteiger partial charge in [-0.25, -0.2) is 0 Å². The van der Waals surface area contributed by atoms with Gasteiger partial charge in [-0.05, 0) is 42.4 Å². The Morgan fingerprint density at radius 2 is 1.69 bits per heavy atom. The smallest absolute Gasteiger partial charge is 0.121 e. The van der Waals surface area contributed by atoms with Crippen LogP contribution in [0.5, 0.6) is 5.75 Å². The number of aromatic hydroxyl groups is 1. The highest BCUT2D eigenvalue weighted by atomic mass is 16.3. The van der Waals surface area contributed by atoms with Crippen molar-refractivity contribution in [3.63, 3.8) is 0 Å². The Labute approximate surface area is 97.5 Å². The fourth-order valence-corrected chi connectivity index (χ4v) is 2.90. The molecule has 2 rings (SSSR count). The third-order valence-corrected chi connectivity index (χ3v) is 4.31. The summed E-state index contributed by atoms with van der Waals surface area (Å²) in [4.78, 5) is 0. The molecule has 2 nitrogen and oxygen atoms in total. The summed E-state index contributed by atoms with van der Waals surface area (Å²) >= 11 is 0. The molecule has 0 saturated heterocycles. The van der Waals surface area contributed by atoms with Crippen LogP contribution in [-0.2, 0) is 5.41 Å². The molecular weight excluding hydrogens is 198 g/mol. The fourth-order valence-electron chi connectivity index (χ4n) is 2.90. The van der Waals surface area contributed by atoms with Crippen LogP contribution in [0, 0.1) is 19.3 Å². The molecule has 1 aromatic carbocycles. The molecule has 0 heterocycles. The van der Waals surface area contributed by atoms with Crippen LogP contribution < -0.4 is 5.73 Å². The van der Waals surface area contributed by atoms with Crippen LogP contribution in [0.3, 0.4) is 0 Å². The SMILES string of the molecule is Cc1cc(C2(CN)CC2(C)C)cc(C)c1O. The average Bonchev–Trinajstić information content (AvgIpc) is 2.78. The average molecular weight is 219 g/mol. The minimum Gasteiger partial charge on any atom is -0.507 e. The topological polar surface area (TPSA) is 46.2 Å². The van der Waals surface area contributed by atoms with Gasteiger partial charge < -0.3 is 10.8 Å². The van der Waals surface area contributed by atoms with Crippen molar-refractivity contribution in [3.05, 3.63) is 28.8 Å². The van der Waals surface area contributed by atoms with Gasteiger partial charge in [-0.1, -0.05) is 26.0 Å². The number of hydrogen-bond donors (Lipinski definition) is 2. The number of aryl methyl sites for hydroxylation is 2. The molecule has 0 radical (unpaired) electrons. The summed E-state index contributed by atoms with van der Waals surface area (Å²) in [6.45, 7) is 9.11. The van der Waals surface area contributed by atoms with Crippen molar-refractivity contribution in [2.24, 2.45) is 11.1 Å². The molecule has 1 aliphatic carbocycles. The van der Waals surface area contributed by atoms with Crippen LogP contribution in [-0.4, -0.2) is 11.7 Å². The summed E-state index contributed by atoms with van der Waals surface area (Å²) in [7, 11) is 0. The molecular formula is C14H21NO. The summed E-state index contributed by atoms with van der Waals surface area (Å²) in [5.74, 6) is 0.411. The van der Waals surface area contributed by atoms with E-state index in [1.54, 1.807) is 0 Å². The van der Waals surface area contributed by atoms with E-state index in [0.717, 1.165) is 17.5 Å². The molecule has 3 N–H and O–H groups in total. The van der Waals surface area contributed by atoms with E-state index in [4.69, 9.17) is 5.73 Å². The van der Waals surface area contributed by atoms with Gasteiger partial charge in [-0.2, -0.15) is 0 Å². The summed E-state index contributed by atoms with van der Waals surface area (Å²) in [6.07, 6.45) is 1.14. The van der Waals surface area contributed by atoms with E-state index in [0.29, 0.717) is 12.3 Å². The van der Waals surface area contributed by atoms with Crippen LogP contribution in [0.15, 0.2) is 12.1 Å². The van der Waals surface area contributed by atoms with Crippen LogP contribution >= 0.6 is 0 Å². The predicted molar refractivity (Wildman–Crippen MR) is 66.7 cm³/mol. The standard InChI is InChI=1S/C14H21NO/c1-9-5-11(6-10(2)12(9)16)14(8-15)7-13(14,3)4/h5-6,16H,7-8,15H2,1-4H3. The third-order valence-electron chi connectivity index (χ3n) is 4.31. The van der Waals surface area contributed by atoms with Gasteiger partial charge in [-0.3, -0.25) is 0 Å². The van der Waals surface area contributed by atoms with Crippen molar-refractivity contribution in [1.82, 2.24) is 0 Å². The Kier molecular flexibility index (Phi) is 2.32. The van der Waals surface area contributed by atoms with Crippen molar-refractivity contribution in [1.29, 1.82) is 0 Å². The molecule has 1 atom stereocenters. The molecule has 1 aliphatic rings. The predicted octanol–water partition coefficient (Wildman–Crippen LogP) is 2.64. The highest BCUT2D eigenvalue weighted by Crippen LogP contribution is 2.63. The van der Waals surface area contributed by atoms with Gasteiger partial charge in [-0.15, -0.1) is 0 Å². The maximum Gasteiger partial charge on any atom is 0.121 e. The molecule has 2 heteroatoms. The van der Waals surface area contributed by atoms with Crippen LogP contribution in [0.25, 0.3) is 0 Å². The molecule has 1 unspecified atom stereocenters. The molecule has 0 aromatic heterocycles. The first kappa shape index (κ1) is 11.5. The molecule has 0 amide bonds. The van der Waals surface area contributed by atoms with Gasteiger partial charge >= 0.3 is 0 Å². The highest BCUT2D eigenvalue weighted by Gasteiger charge is 2.60. The zero-order chi connectivity index (χ0) is 12.1. The first-order valence-corrected chi connectivity index (χ1v) is 5.85. The van der Waals surface area contributed by atoms with Gasteiger partial charge in [0.15, 0.2) is 0 Å². The second-order valence-electron chi connectivity index (χ2n) is 5.81. The van der Waals surface area contributed by atoms with E-state index >= 15 is 0 Å². The molecule has 1 aromatic rings. The number of benzene rings is 1. The quantitative estimate of drug-likeness (QED) is 0.803. The zero-order valence-corrected chi connectivity index (χ0v) is 10.6. The maximum absolute atomic E-state index is 9.79. The monoisotopic (exact) mass is 219 g/mol. The molecule has 88 valence electrons. The zero-order valence-electron chi connectivity index (χ0n) is 10.6. The van der Waals surface area contributed by atoms with Crippen molar-refractivity contribution >= 4 is 0 Å². The maximum atomic E-state index is 9.79. The van der Waals surface area contributed by atoms with Crippen LogP contribution in [0.1, 0.15) is 37.0 Å². The number of hydrogen-bond acceptors (Lipinski definition) is 2. The Morgan fingerprint density at radius 3 is 2.00 bits per heavy atom. The molecule has 1 fully saturated rings. The number of phenolic OH excluding ortho intramolecular Hbond substituents is 1. The second-order valence-corrected chi connectivity index (χ2v) is 5.81. The fraction of sp³-hybridized carbons (Fsp3) is 0.571. The third kappa shape index (κ3) is 1.36. The van der Waals surface area contributed by atoms with E-state index in [1.165, 1.54) is 5.56 Å². The lowest BCUT2D eigenvalue weighted by Gasteiger charge is -2.21. The Morgan fingerprint density at radius 1 is 1.25 bits per heavy atom. The molecule has 16 heavy (non-hydrogen) atoms. The van der Waals surface area contributed by atoms with E-state index < -0.39 is 0 Å². The lowest BCUT2D eigenvalue weighted by Crippen LogP contribution is -2.25. The van der Waals surface area contributed by atoms with Crippen molar-refractivity contribution in [2.45, 2.75) is 39.5 Å². The van der Waals surface area contributed by atoms with Gasteiger partial charge in [0.1, 0.15) is 5.75 Å². The van der Waals surface area contributed by atoms with Gasteiger partial charge in [0.05, 0.1) is 0 Å². The first-order valence-electron chi connectivity index (χ1n) is 5.85. The van der Waals surface area contributed by atoms with Crippen molar-refractivity contribution in [2.75, 3.05) is 6.54 Å². The summed E-state index contributed by atoms with van der Waals surface area (Å²) in [6, 6.07) is 4.17. The van der Waals surface area contributed by atoms with Crippen LogP contribution in [0.4, 0.5) is 0 Å². The van der Waals surface area contributed by atoms with Crippen molar-refractivity contribution in [3.8, 4) is 5.75 Å². The molecule has 0 bridgehead atoms. The lowest BCUT2D eigenvalue weighted by molar-refractivity contribution is 0.463. The number of nitrogens with two attached hydrogens (primary N) is 1. The summed E-state index contributed by atoms with van der Waals surface area (Å²) in [5, 5.41) is 9.79.